The SMILES string of the molecule is COc1cc(F)ccc1Oc1ccc(Cl)nc1. The summed E-state index contributed by atoms with van der Waals surface area (Å²) in [5.41, 5.74) is 0. The molecule has 0 saturated carbocycles. The predicted molar refractivity (Wildman–Crippen MR) is 62.3 cm³/mol. The summed E-state index contributed by atoms with van der Waals surface area (Å²) < 4.78 is 23.5. The van der Waals surface area contributed by atoms with Crippen LogP contribution in [0.2, 0.25) is 5.15 Å². The maximum Gasteiger partial charge on any atom is 0.169 e. The van der Waals surface area contributed by atoms with Crippen molar-refractivity contribution in [1.29, 1.82) is 0 Å². The maximum atomic E-state index is 13.0. The maximum absolute atomic E-state index is 13.0. The van der Waals surface area contributed by atoms with Crippen LogP contribution in [-0.2, 0) is 0 Å². The normalized spacial score (nSPS) is 10.1. The topological polar surface area (TPSA) is 31.4 Å². The van der Waals surface area contributed by atoms with Gasteiger partial charge in [-0.1, -0.05) is 11.6 Å². The number of pyridine rings is 1. The van der Waals surface area contributed by atoms with Crippen molar-refractivity contribution < 1.29 is 13.9 Å². The van der Waals surface area contributed by atoms with E-state index in [2.05, 4.69) is 4.98 Å². The molecule has 1 heterocycles. The van der Waals surface area contributed by atoms with Gasteiger partial charge in [-0.3, -0.25) is 0 Å². The molecular weight excluding hydrogens is 245 g/mol. The van der Waals surface area contributed by atoms with E-state index in [1.165, 1.54) is 31.5 Å². The van der Waals surface area contributed by atoms with Crippen molar-refractivity contribution in [2.75, 3.05) is 7.11 Å². The number of ether oxygens (including phenoxy) is 2. The Morgan fingerprint density at radius 3 is 2.65 bits per heavy atom. The Bertz CT molecular complexity index is 516. The lowest BCUT2D eigenvalue weighted by molar-refractivity contribution is 0.375. The van der Waals surface area contributed by atoms with E-state index in [-0.39, 0.29) is 5.82 Å². The summed E-state index contributed by atoms with van der Waals surface area (Å²) in [6.45, 7) is 0. The number of hydrogen-bond donors (Lipinski definition) is 0. The van der Waals surface area contributed by atoms with E-state index in [4.69, 9.17) is 21.1 Å². The predicted octanol–water partition coefficient (Wildman–Crippen LogP) is 3.68. The first-order valence-electron chi connectivity index (χ1n) is 4.82. The van der Waals surface area contributed by atoms with Crippen molar-refractivity contribution in [2.45, 2.75) is 0 Å². The van der Waals surface area contributed by atoms with Gasteiger partial charge in [0.05, 0.1) is 13.3 Å². The zero-order chi connectivity index (χ0) is 12.3. The summed E-state index contributed by atoms with van der Waals surface area (Å²) in [5, 5.41) is 0.378. The summed E-state index contributed by atoms with van der Waals surface area (Å²) >= 11 is 5.65. The minimum atomic E-state index is -0.386. The smallest absolute Gasteiger partial charge is 0.169 e. The first-order valence-corrected chi connectivity index (χ1v) is 5.20. The lowest BCUT2D eigenvalue weighted by Crippen LogP contribution is -1.91. The number of benzene rings is 1. The monoisotopic (exact) mass is 253 g/mol. The Balaban J connectivity index is 2.26. The second-order valence-electron chi connectivity index (χ2n) is 3.21. The van der Waals surface area contributed by atoms with Crippen molar-refractivity contribution in [2.24, 2.45) is 0 Å². The van der Waals surface area contributed by atoms with Gasteiger partial charge in [0.1, 0.15) is 16.7 Å². The van der Waals surface area contributed by atoms with E-state index in [1.807, 2.05) is 0 Å². The van der Waals surface area contributed by atoms with E-state index in [1.54, 1.807) is 12.1 Å². The molecule has 0 fully saturated rings. The lowest BCUT2D eigenvalue weighted by atomic mass is 10.3. The third kappa shape index (κ3) is 2.85. The molecule has 0 aliphatic heterocycles. The van der Waals surface area contributed by atoms with Crippen LogP contribution in [0.1, 0.15) is 0 Å². The minimum absolute atomic E-state index is 0.319. The Labute approximate surface area is 103 Å². The minimum Gasteiger partial charge on any atom is -0.493 e. The highest BCUT2D eigenvalue weighted by Gasteiger charge is 2.07. The number of nitrogens with zero attached hydrogens (tertiary/aromatic N) is 1. The van der Waals surface area contributed by atoms with Crippen molar-refractivity contribution >= 4 is 11.6 Å². The molecule has 2 aromatic rings. The van der Waals surface area contributed by atoms with E-state index in [9.17, 15) is 4.39 Å². The largest absolute Gasteiger partial charge is 0.493 e. The van der Waals surface area contributed by atoms with E-state index in [0.717, 1.165) is 0 Å². The fourth-order valence-electron chi connectivity index (χ4n) is 1.28. The molecule has 3 nitrogen and oxygen atoms in total. The second kappa shape index (κ2) is 5.01. The van der Waals surface area contributed by atoms with Crippen molar-refractivity contribution in [3.05, 3.63) is 47.5 Å². The molecule has 88 valence electrons. The fraction of sp³-hybridized carbons (Fsp3) is 0.0833. The zero-order valence-corrected chi connectivity index (χ0v) is 9.74. The van der Waals surface area contributed by atoms with Gasteiger partial charge in [-0.05, 0) is 24.3 Å². The van der Waals surface area contributed by atoms with Crippen LogP contribution in [0.25, 0.3) is 0 Å². The van der Waals surface area contributed by atoms with Gasteiger partial charge in [-0.2, -0.15) is 0 Å². The fourth-order valence-corrected chi connectivity index (χ4v) is 1.39. The second-order valence-corrected chi connectivity index (χ2v) is 3.60. The van der Waals surface area contributed by atoms with E-state index < -0.39 is 0 Å². The summed E-state index contributed by atoms with van der Waals surface area (Å²) in [6, 6.07) is 7.30. The molecule has 0 amide bonds. The zero-order valence-electron chi connectivity index (χ0n) is 8.98. The van der Waals surface area contributed by atoms with Crippen LogP contribution >= 0.6 is 11.6 Å². The van der Waals surface area contributed by atoms with Crippen molar-refractivity contribution in [3.63, 3.8) is 0 Å². The van der Waals surface area contributed by atoms with Gasteiger partial charge in [0.25, 0.3) is 0 Å². The Hall–Kier alpha value is -1.81. The molecule has 0 unspecified atom stereocenters. The van der Waals surface area contributed by atoms with Gasteiger partial charge >= 0.3 is 0 Å². The summed E-state index contributed by atoms with van der Waals surface area (Å²) in [4.78, 5) is 3.87. The van der Waals surface area contributed by atoms with Gasteiger partial charge in [0.2, 0.25) is 0 Å². The van der Waals surface area contributed by atoms with Gasteiger partial charge in [-0.25, -0.2) is 9.37 Å². The molecular formula is C12H9ClFNO2. The van der Waals surface area contributed by atoms with Crippen LogP contribution in [0, 0.1) is 5.82 Å². The molecule has 0 bridgehead atoms. The molecule has 0 N–H and O–H groups in total. The molecule has 0 atom stereocenters. The first kappa shape index (κ1) is 11.7. The molecule has 0 radical (unpaired) electrons. The summed E-state index contributed by atoms with van der Waals surface area (Å²) in [7, 11) is 1.45. The number of rotatable bonds is 3. The Morgan fingerprint density at radius 2 is 2.00 bits per heavy atom. The highest BCUT2D eigenvalue weighted by Crippen LogP contribution is 2.31. The van der Waals surface area contributed by atoms with Gasteiger partial charge in [0, 0.05) is 6.07 Å². The Morgan fingerprint density at radius 1 is 1.18 bits per heavy atom. The molecule has 1 aromatic heterocycles. The van der Waals surface area contributed by atoms with E-state index >= 15 is 0 Å². The Kier molecular flexibility index (Phi) is 3.44. The molecule has 0 aliphatic rings. The molecule has 0 aliphatic carbocycles. The number of methoxy groups -OCH3 is 1. The van der Waals surface area contributed by atoms with Crippen molar-refractivity contribution in [1.82, 2.24) is 4.98 Å². The number of halogens is 2. The molecule has 0 spiro atoms. The first-order chi connectivity index (χ1) is 8.19. The van der Waals surface area contributed by atoms with E-state index in [0.29, 0.717) is 22.4 Å². The molecule has 17 heavy (non-hydrogen) atoms. The molecule has 5 heteroatoms. The molecule has 2 rings (SSSR count). The standard InChI is InChI=1S/C12H9ClFNO2/c1-16-11-6-8(14)2-4-10(11)17-9-3-5-12(13)15-7-9/h2-7H,1H3. The van der Waals surface area contributed by atoms with Crippen molar-refractivity contribution in [3.8, 4) is 17.2 Å². The van der Waals surface area contributed by atoms with Crippen LogP contribution in [0.4, 0.5) is 4.39 Å². The lowest BCUT2D eigenvalue weighted by Gasteiger charge is -2.09. The molecule has 0 saturated heterocycles. The highest BCUT2D eigenvalue weighted by molar-refractivity contribution is 6.29. The number of aromatic nitrogens is 1. The third-order valence-corrected chi connectivity index (χ3v) is 2.28. The quantitative estimate of drug-likeness (QED) is 0.782. The average molecular weight is 254 g/mol. The van der Waals surface area contributed by atoms with Crippen LogP contribution < -0.4 is 9.47 Å². The molecule has 1 aromatic carbocycles. The van der Waals surface area contributed by atoms with Crippen LogP contribution in [0.5, 0.6) is 17.2 Å². The van der Waals surface area contributed by atoms with Crippen LogP contribution in [0.15, 0.2) is 36.5 Å². The van der Waals surface area contributed by atoms with Gasteiger partial charge < -0.3 is 9.47 Å². The summed E-state index contributed by atoms with van der Waals surface area (Å²) in [6.07, 6.45) is 1.48. The average Bonchev–Trinajstić information content (AvgIpc) is 2.34. The van der Waals surface area contributed by atoms with Gasteiger partial charge in [-0.15, -0.1) is 0 Å². The van der Waals surface area contributed by atoms with Gasteiger partial charge in [0.15, 0.2) is 11.5 Å². The highest BCUT2D eigenvalue weighted by atomic mass is 35.5. The summed E-state index contributed by atoms with van der Waals surface area (Å²) in [5.74, 6) is 0.848. The third-order valence-electron chi connectivity index (χ3n) is 2.05. The number of hydrogen-bond acceptors (Lipinski definition) is 3. The van der Waals surface area contributed by atoms with Crippen LogP contribution in [-0.4, -0.2) is 12.1 Å². The van der Waals surface area contributed by atoms with Crippen LogP contribution in [0.3, 0.4) is 0 Å².